The summed E-state index contributed by atoms with van der Waals surface area (Å²) in [6.07, 6.45) is 1.80. The molecule has 0 aliphatic heterocycles. The molecule has 0 aliphatic rings. The van der Waals surface area contributed by atoms with E-state index in [1.807, 2.05) is 28.9 Å². The van der Waals surface area contributed by atoms with Crippen LogP contribution in [0.15, 0.2) is 30.3 Å². The molecule has 1 heterocycles. The Kier molecular flexibility index (Phi) is 5.39. The zero-order valence-electron chi connectivity index (χ0n) is 13.0. The van der Waals surface area contributed by atoms with Crippen LogP contribution in [0.2, 0.25) is 0 Å². The van der Waals surface area contributed by atoms with Crippen molar-refractivity contribution in [2.45, 2.75) is 45.8 Å². The highest BCUT2D eigenvalue weighted by Crippen LogP contribution is 2.15. The Bertz CT molecular complexity index is 561. The molecular formula is C17H24N2O2. The molecule has 2 aromatic rings. The van der Waals surface area contributed by atoms with Crippen LogP contribution >= 0.6 is 0 Å². The molecule has 1 aromatic heterocycles. The highest BCUT2D eigenvalue weighted by molar-refractivity contribution is 5.27. The molecule has 0 saturated carbocycles. The van der Waals surface area contributed by atoms with E-state index in [2.05, 4.69) is 25.0 Å². The maximum atomic E-state index is 10.3. The van der Waals surface area contributed by atoms with Gasteiger partial charge in [0.1, 0.15) is 5.75 Å². The van der Waals surface area contributed by atoms with E-state index in [0.717, 1.165) is 35.7 Å². The first-order valence-corrected chi connectivity index (χ1v) is 7.52. The average molecular weight is 288 g/mol. The number of ether oxygens (including phenoxy) is 1. The van der Waals surface area contributed by atoms with Crippen LogP contribution in [-0.4, -0.2) is 28.1 Å². The quantitative estimate of drug-likeness (QED) is 0.852. The van der Waals surface area contributed by atoms with Gasteiger partial charge in [-0.1, -0.05) is 19.1 Å². The predicted molar refractivity (Wildman–Crippen MR) is 83.7 cm³/mol. The molecule has 21 heavy (non-hydrogen) atoms. The minimum atomic E-state index is -0.398. The monoisotopic (exact) mass is 288 g/mol. The Balaban J connectivity index is 2.00. The predicted octanol–water partition coefficient (Wildman–Crippen LogP) is 2.62. The lowest BCUT2D eigenvalue weighted by atomic mass is 10.0. The molecule has 4 heteroatoms. The first-order chi connectivity index (χ1) is 10.2. The van der Waals surface area contributed by atoms with E-state index in [1.54, 1.807) is 7.11 Å². The van der Waals surface area contributed by atoms with Crippen LogP contribution in [0.3, 0.4) is 0 Å². The Hall–Kier alpha value is -1.81. The van der Waals surface area contributed by atoms with Crippen LogP contribution in [0.4, 0.5) is 0 Å². The van der Waals surface area contributed by atoms with E-state index < -0.39 is 6.10 Å². The summed E-state index contributed by atoms with van der Waals surface area (Å²) in [5.74, 6) is 0.838. The fourth-order valence-electron chi connectivity index (χ4n) is 2.47. The Morgan fingerprint density at radius 2 is 1.90 bits per heavy atom. The van der Waals surface area contributed by atoms with Gasteiger partial charge >= 0.3 is 0 Å². The Labute approximate surface area is 126 Å². The summed E-state index contributed by atoms with van der Waals surface area (Å²) in [7, 11) is 1.65. The molecule has 1 unspecified atom stereocenters. The summed E-state index contributed by atoms with van der Waals surface area (Å²) in [5, 5.41) is 14.8. The second-order valence-electron chi connectivity index (χ2n) is 5.21. The summed E-state index contributed by atoms with van der Waals surface area (Å²) in [5.41, 5.74) is 3.31. The zero-order chi connectivity index (χ0) is 15.2. The van der Waals surface area contributed by atoms with E-state index >= 15 is 0 Å². The molecule has 0 aliphatic carbocycles. The molecule has 1 N–H and O–H groups in total. The summed E-state index contributed by atoms with van der Waals surface area (Å²) < 4.78 is 7.12. The molecule has 1 atom stereocenters. The first kappa shape index (κ1) is 15.6. The Morgan fingerprint density at radius 1 is 1.19 bits per heavy atom. The molecule has 0 spiro atoms. The second kappa shape index (κ2) is 7.27. The van der Waals surface area contributed by atoms with Crippen molar-refractivity contribution < 1.29 is 9.84 Å². The number of aromatic nitrogens is 2. The van der Waals surface area contributed by atoms with E-state index in [9.17, 15) is 5.11 Å². The van der Waals surface area contributed by atoms with Crippen molar-refractivity contribution in [2.75, 3.05) is 7.11 Å². The van der Waals surface area contributed by atoms with E-state index in [-0.39, 0.29) is 0 Å². The van der Waals surface area contributed by atoms with Gasteiger partial charge in [0, 0.05) is 18.7 Å². The minimum absolute atomic E-state index is 0.398. The smallest absolute Gasteiger partial charge is 0.118 e. The van der Waals surface area contributed by atoms with Crippen molar-refractivity contribution >= 4 is 0 Å². The molecule has 0 fully saturated rings. The molecule has 2 rings (SSSR count). The van der Waals surface area contributed by atoms with Gasteiger partial charge in [0.15, 0.2) is 0 Å². The molecule has 0 amide bonds. The fraction of sp³-hybridized carbons (Fsp3) is 0.471. The summed E-state index contributed by atoms with van der Waals surface area (Å²) in [6.45, 7) is 5.01. The SMILES string of the molecule is CCc1cc(CC(O)Cc2ccc(OC)cc2)n(CC)n1. The van der Waals surface area contributed by atoms with Gasteiger partial charge in [0.25, 0.3) is 0 Å². The van der Waals surface area contributed by atoms with Crippen molar-refractivity contribution in [3.05, 3.63) is 47.3 Å². The van der Waals surface area contributed by atoms with Crippen LogP contribution < -0.4 is 4.74 Å². The number of hydrogen-bond acceptors (Lipinski definition) is 3. The maximum absolute atomic E-state index is 10.3. The normalized spacial score (nSPS) is 12.4. The lowest BCUT2D eigenvalue weighted by Crippen LogP contribution is -2.16. The number of hydrogen-bond donors (Lipinski definition) is 1. The van der Waals surface area contributed by atoms with Gasteiger partial charge in [-0.3, -0.25) is 4.68 Å². The molecule has 0 bridgehead atoms. The number of nitrogens with zero attached hydrogens (tertiary/aromatic N) is 2. The molecule has 0 radical (unpaired) electrons. The van der Waals surface area contributed by atoms with Crippen molar-refractivity contribution in [1.82, 2.24) is 9.78 Å². The number of aliphatic hydroxyl groups excluding tert-OH is 1. The second-order valence-corrected chi connectivity index (χ2v) is 5.21. The van der Waals surface area contributed by atoms with Crippen LogP contribution in [0.25, 0.3) is 0 Å². The fourth-order valence-corrected chi connectivity index (χ4v) is 2.47. The van der Waals surface area contributed by atoms with E-state index in [0.29, 0.717) is 12.8 Å². The lowest BCUT2D eigenvalue weighted by molar-refractivity contribution is 0.172. The first-order valence-electron chi connectivity index (χ1n) is 7.52. The van der Waals surface area contributed by atoms with E-state index in [4.69, 9.17) is 4.74 Å². The zero-order valence-corrected chi connectivity index (χ0v) is 13.0. The Morgan fingerprint density at radius 3 is 2.48 bits per heavy atom. The topological polar surface area (TPSA) is 47.3 Å². The minimum Gasteiger partial charge on any atom is -0.497 e. The van der Waals surface area contributed by atoms with Crippen molar-refractivity contribution in [2.24, 2.45) is 0 Å². The van der Waals surface area contributed by atoms with Crippen LogP contribution in [0.1, 0.15) is 30.8 Å². The van der Waals surface area contributed by atoms with Gasteiger partial charge in [0.05, 0.1) is 18.9 Å². The number of methoxy groups -OCH3 is 1. The van der Waals surface area contributed by atoms with Crippen LogP contribution in [0, 0.1) is 0 Å². The number of rotatable bonds is 7. The largest absolute Gasteiger partial charge is 0.497 e. The third-order valence-electron chi connectivity index (χ3n) is 3.65. The molecule has 114 valence electrons. The molecular weight excluding hydrogens is 264 g/mol. The number of aliphatic hydroxyl groups is 1. The van der Waals surface area contributed by atoms with Gasteiger partial charge in [-0.05, 0) is 43.5 Å². The molecule has 4 nitrogen and oxygen atoms in total. The van der Waals surface area contributed by atoms with Crippen LogP contribution in [0.5, 0.6) is 5.75 Å². The third-order valence-corrected chi connectivity index (χ3v) is 3.65. The molecule has 1 aromatic carbocycles. The van der Waals surface area contributed by atoms with Gasteiger partial charge in [-0.2, -0.15) is 5.10 Å². The summed E-state index contributed by atoms with van der Waals surface area (Å²) in [4.78, 5) is 0. The average Bonchev–Trinajstić information content (AvgIpc) is 2.90. The van der Waals surface area contributed by atoms with Crippen molar-refractivity contribution in [1.29, 1.82) is 0 Å². The summed E-state index contributed by atoms with van der Waals surface area (Å²) in [6, 6.07) is 9.94. The van der Waals surface area contributed by atoms with Crippen molar-refractivity contribution in [3.8, 4) is 5.75 Å². The molecule has 0 saturated heterocycles. The van der Waals surface area contributed by atoms with Crippen molar-refractivity contribution in [3.63, 3.8) is 0 Å². The van der Waals surface area contributed by atoms with Gasteiger partial charge < -0.3 is 9.84 Å². The summed E-state index contributed by atoms with van der Waals surface area (Å²) >= 11 is 0. The number of aryl methyl sites for hydroxylation is 2. The van der Waals surface area contributed by atoms with Gasteiger partial charge in [-0.25, -0.2) is 0 Å². The standard InChI is InChI=1S/C17H24N2O2/c1-4-14-11-15(19(5-2)18-14)12-16(20)10-13-6-8-17(21-3)9-7-13/h6-9,11,16,20H,4-5,10,12H2,1-3H3. The van der Waals surface area contributed by atoms with Gasteiger partial charge in [0.2, 0.25) is 0 Å². The number of benzene rings is 1. The third kappa shape index (κ3) is 4.08. The lowest BCUT2D eigenvalue weighted by Gasteiger charge is -2.12. The highest BCUT2D eigenvalue weighted by Gasteiger charge is 2.12. The maximum Gasteiger partial charge on any atom is 0.118 e. The van der Waals surface area contributed by atoms with Gasteiger partial charge in [-0.15, -0.1) is 0 Å². The van der Waals surface area contributed by atoms with Crippen LogP contribution in [-0.2, 0) is 25.8 Å². The highest BCUT2D eigenvalue weighted by atomic mass is 16.5. The van der Waals surface area contributed by atoms with E-state index in [1.165, 1.54) is 0 Å².